The van der Waals surface area contributed by atoms with Crippen LogP contribution < -0.4 is 0 Å². The van der Waals surface area contributed by atoms with Gasteiger partial charge in [-0.25, -0.2) is 0 Å². The van der Waals surface area contributed by atoms with Crippen LogP contribution in [0.5, 0.6) is 0 Å². The zero-order valence-electron chi connectivity index (χ0n) is 10.8. The predicted octanol–water partition coefficient (Wildman–Crippen LogP) is 1.15. The minimum absolute atomic E-state index is 0.406. The Morgan fingerprint density at radius 1 is 0.471 bits per heavy atom. The van der Waals surface area contributed by atoms with Crippen LogP contribution in [0.1, 0.15) is 0 Å². The Morgan fingerprint density at radius 2 is 0.588 bits per heavy atom. The molecule has 0 saturated carbocycles. The van der Waals surface area contributed by atoms with Gasteiger partial charge in [0.1, 0.15) is 0 Å². The molecular weight excluding hydrogens is 220 g/mol. The molecule has 0 amide bonds. The average molecular weight is 248 g/mol. The Morgan fingerprint density at radius 3 is 0.588 bits per heavy atom. The fraction of sp³-hybridized carbons (Fsp3) is 0.385. The van der Waals surface area contributed by atoms with Crippen LogP contribution in [0.3, 0.4) is 0 Å². The molecule has 0 bridgehead atoms. The molecule has 0 fully saturated rings. The third kappa shape index (κ3) is 20.8. The smallest absolute Gasteiger partial charge is 0.0627 e. The quantitative estimate of drug-likeness (QED) is 0.563. The van der Waals surface area contributed by atoms with Crippen LogP contribution in [0.15, 0.2) is 52.6 Å². The highest BCUT2D eigenvalue weighted by Crippen LogP contribution is 2.11. The molecule has 0 aliphatic carbocycles. The van der Waals surface area contributed by atoms with Crippen LogP contribution in [0, 0.1) is 5.41 Å². The van der Waals surface area contributed by atoms with Gasteiger partial charge in [-0.15, -0.1) is 52.6 Å². The molecule has 0 saturated heterocycles. The zero-order chi connectivity index (χ0) is 15.3. The van der Waals surface area contributed by atoms with Crippen molar-refractivity contribution in [3.63, 3.8) is 0 Å². The third-order valence-corrected chi connectivity index (χ3v) is 1.34. The second kappa shape index (κ2) is 36.4. The van der Waals surface area contributed by atoms with Gasteiger partial charge in [-0.1, -0.05) is 0 Å². The number of hydrogen-bond donors (Lipinski definition) is 4. The van der Waals surface area contributed by atoms with Gasteiger partial charge in [0.2, 0.25) is 0 Å². The molecule has 4 N–H and O–H groups in total. The van der Waals surface area contributed by atoms with Gasteiger partial charge in [-0.2, -0.15) is 0 Å². The molecule has 0 aliphatic rings. The Balaban J connectivity index is -0.0000000507. The zero-order valence-corrected chi connectivity index (χ0v) is 10.8. The third-order valence-electron chi connectivity index (χ3n) is 1.34. The summed E-state index contributed by atoms with van der Waals surface area (Å²) in [7, 11) is 0. The monoisotopic (exact) mass is 248 g/mol. The first-order chi connectivity index (χ1) is 8.24. The molecule has 0 aromatic heterocycles. The minimum atomic E-state index is -1.11. The molecule has 0 unspecified atom stereocenters. The van der Waals surface area contributed by atoms with Crippen molar-refractivity contribution in [2.75, 3.05) is 26.4 Å². The predicted molar refractivity (Wildman–Crippen MR) is 75.8 cm³/mol. The van der Waals surface area contributed by atoms with Gasteiger partial charge in [0.15, 0.2) is 0 Å². The lowest BCUT2D eigenvalue weighted by Crippen LogP contribution is -2.37. The fourth-order valence-corrected chi connectivity index (χ4v) is 0.300. The van der Waals surface area contributed by atoms with E-state index < -0.39 is 31.8 Å². The van der Waals surface area contributed by atoms with Gasteiger partial charge in [0.25, 0.3) is 0 Å². The maximum absolute atomic E-state index is 8.50. The van der Waals surface area contributed by atoms with Crippen LogP contribution in [-0.4, -0.2) is 46.9 Å². The summed E-state index contributed by atoms with van der Waals surface area (Å²) in [5.41, 5.74) is -1.11. The van der Waals surface area contributed by atoms with E-state index in [0.717, 1.165) is 0 Å². The van der Waals surface area contributed by atoms with Crippen molar-refractivity contribution in [1.29, 1.82) is 0 Å². The van der Waals surface area contributed by atoms with E-state index in [1.54, 1.807) is 0 Å². The second-order valence-corrected chi connectivity index (χ2v) is 2.13. The van der Waals surface area contributed by atoms with E-state index in [-0.39, 0.29) is 0 Å². The molecular formula is C13H28O4. The van der Waals surface area contributed by atoms with Gasteiger partial charge in [0.05, 0.1) is 31.8 Å². The van der Waals surface area contributed by atoms with E-state index in [4.69, 9.17) is 20.4 Å². The summed E-state index contributed by atoms with van der Waals surface area (Å²) in [6.45, 7) is 22.4. The van der Waals surface area contributed by atoms with Gasteiger partial charge in [0, 0.05) is 0 Å². The Labute approximate surface area is 106 Å². The fourth-order valence-electron chi connectivity index (χ4n) is 0.300. The van der Waals surface area contributed by atoms with E-state index in [9.17, 15) is 0 Å². The number of aliphatic hydroxyl groups excluding tert-OH is 4. The lowest BCUT2D eigenvalue weighted by atomic mass is 9.93. The van der Waals surface area contributed by atoms with Crippen molar-refractivity contribution in [3.05, 3.63) is 52.6 Å². The molecule has 4 heteroatoms. The SMILES string of the molecule is C=C.C=C.C=C.C=C.OCC(CO)(CO)CO. The van der Waals surface area contributed by atoms with Crippen molar-refractivity contribution in [2.45, 2.75) is 0 Å². The molecule has 4 nitrogen and oxygen atoms in total. The Hall–Kier alpha value is -1.20. The highest BCUT2D eigenvalue weighted by atomic mass is 16.3. The molecule has 0 radical (unpaired) electrons. The molecule has 0 aromatic carbocycles. The highest BCUT2D eigenvalue weighted by molar-refractivity contribution is 4.74. The van der Waals surface area contributed by atoms with Gasteiger partial charge < -0.3 is 20.4 Å². The summed E-state index contributed by atoms with van der Waals surface area (Å²) >= 11 is 0. The topological polar surface area (TPSA) is 80.9 Å². The van der Waals surface area contributed by atoms with E-state index in [2.05, 4.69) is 52.6 Å². The summed E-state index contributed by atoms with van der Waals surface area (Å²) in [6.07, 6.45) is 0. The summed E-state index contributed by atoms with van der Waals surface area (Å²) in [4.78, 5) is 0. The lowest BCUT2D eigenvalue weighted by molar-refractivity contribution is -0.0328. The first kappa shape index (κ1) is 29.7. The lowest BCUT2D eigenvalue weighted by Gasteiger charge is -2.23. The van der Waals surface area contributed by atoms with Crippen molar-refractivity contribution in [3.8, 4) is 0 Å². The summed E-state index contributed by atoms with van der Waals surface area (Å²) in [6, 6.07) is 0. The molecule has 0 rings (SSSR count). The second-order valence-electron chi connectivity index (χ2n) is 2.13. The molecule has 0 heterocycles. The Kier molecular flexibility index (Phi) is 63.5. The number of rotatable bonds is 4. The highest BCUT2D eigenvalue weighted by Gasteiger charge is 2.26. The van der Waals surface area contributed by atoms with E-state index >= 15 is 0 Å². The van der Waals surface area contributed by atoms with Crippen LogP contribution in [0.25, 0.3) is 0 Å². The van der Waals surface area contributed by atoms with Gasteiger partial charge in [-0.05, 0) is 0 Å². The van der Waals surface area contributed by atoms with Crippen molar-refractivity contribution >= 4 is 0 Å². The summed E-state index contributed by atoms with van der Waals surface area (Å²) in [5, 5.41) is 34.0. The maximum Gasteiger partial charge on any atom is 0.0627 e. The molecule has 0 atom stereocenters. The van der Waals surface area contributed by atoms with Crippen LogP contribution in [0.4, 0.5) is 0 Å². The average Bonchev–Trinajstić information content (AvgIpc) is 2.50. The minimum Gasteiger partial charge on any atom is -0.396 e. The van der Waals surface area contributed by atoms with Gasteiger partial charge >= 0.3 is 0 Å². The van der Waals surface area contributed by atoms with Crippen molar-refractivity contribution < 1.29 is 20.4 Å². The van der Waals surface area contributed by atoms with E-state index in [1.807, 2.05) is 0 Å². The van der Waals surface area contributed by atoms with Crippen LogP contribution in [0.2, 0.25) is 0 Å². The van der Waals surface area contributed by atoms with Crippen LogP contribution in [-0.2, 0) is 0 Å². The number of hydrogen-bond acceptors (Lipinski definition) is 4. The van der Waals surface area contributed by atoms with Crippen molar-refractivity contribution in [1.82, 2.24) is 0 Å². The largest absolute Gasteiger partial charge is 0.396 e. The van der Waals surface area contributed by atoms with E-state index in [1.165, 1.54) is 0 Å². The van der Waals surface area contributed by atoms with E-state index in [0.29, 0.717) is 0 Å². The molecule has 104 valence electrons. The maximum atomic E-state index is 8.50. The molecule has 0 aliphatic heterocycles. The standard InChI is InChI=1S/C5H12O4.4C2H4/c6-1-5(2-7,3-8)4-9;4*1-2/h6-9H,1-4H2;4*1-2H2. The van der Waals surface area contributed by atoms with Gasteiger partial charge in [-0.3, -0.25) is 0 Å². The van der Waals surface area contributed by atoms with Crippen LogP contribution >= 0.6 is 0 Å². The first-order valence-electron chi connectivity index (χ1n) is 4.68. The molecule has 0 aromatic rings. The molecule has 17 heavy (non-hydrogen) atoms. The van der Waals surface area contributed by atoms with Crippen molar-refractivity contribution in [2.24, 2.45) is 5.41 Å². The molecule has 0 spiro atoms. The number of aliphatic hydroxyl groups is 4. The Bertz CT molecular complexity index is 88.5. The summed E-state index contributed by atoms with van der Waals surface area (Å²) < 4.78 is 0. The normalized spacial score (nSPS) is 7.29. The summed E-state index contributed by atoms with van der Waals surface area (Å²) in [5.74, 6) is 0. The first-order valence-corrected chi connectivity index (χ1v) is 4.68.